The van der Waals surface area contributed by atoms with Crippen LogP contribution in [0, 0.1) is 13.8 Å². The number of rotatable bonds is 7. The van der Waals surface area contributed by atoms with Crippen molar-refractivity contribution >= 4 is 5.91 Å². The summed E-state index contributed by atoms with van der Waals surface area (Å²) in [6, 6.07) is 11.2. The molecule has 0 aliphatic rings. The molecule has 0 aliphatic carbocycles. The number of methoxy groups -OCH3 is 2. The molecule has 1 N–H and O–H groups in total. The molecule has 0 unspecified atom stereocenters. The predicted octanol–water partition coefficient (Wildman–Crippen LogP) is 3.97. The van der Waals surface area contributed by atoms with Gasteiger partial charge in [0.1, 0.15) is 17.2 Å². The third-order valence-corrected chi connectivity index (χ3v) is 4.14. The highest BCUT2D eigenvalue weighted by Crippen LogP contribution is 2.29. The number of aryl methyl sites for hydroxylation is 2. The highest BCUT2D eigenvalue weighted by atomic mass is 16.5. The molecule has 0 aliphatic heterocycles. The van der Waals surface area contributed by atoms with E-state index in [4.69, 9.17) is 14.2 Å². The van der Waals surface area contributed by atoms with Crippen molar-refractivity contribution in [1.29, 1.82) is 0 Å². The minimum atomic E-state index is -0.616. The zero-order valence-electron chi connectivity index (χ0n) is 16.3. The number of benzene rings is 2. The molecule has 5 heteroatoms. The van der Waals surface area contributed by atoms with Gasteiger partial charge in [-0.3, -0.25) is 4.79 Å². The van der Waals surface area contributed by atoms with E-state index >= 15 is 0 Å². The van der Waals surface area contributed by atoms with Crippen molar-refractivity contribution in [1.82, 2.24) is 5.32 Å². The Labute approximate surface area is 155 Å². The third kappa shape index (κ3) is 4.91. The molecule has 2 aromatic rings. The average molecular weight is 357 g/mol. The molecule has 2 atom stereocenters. The van der Waals surface area contributed by atoms with Crippen LogP contribution in [-0.2, 0) is 4.79 Å². The van der Waals surface area contributed by atoms with Gasteiger partial charge in [0.15, 0.2) is 6.10 Å². The molecule has 0 fully saturated rings. The highest BCUT2D eigenvalue weighted by Gasteiger charge is 2.20. The number of hydrogen-bond donors (Lipinski definition) is 1. The minimum absolute atomic E-state index is 0.193. The molecule has 0 heterocycles. The van der Waals surface area contributed by atoms with Crippen molar-refractivity contribution in [3.63, 3.8) is 0 Å². The fourth-order valence-electron chi connectivity index (χ4n) is 2.84. The van der Waals surface area contributed by atoms with Gasteiger partial charge in [0.2, 0.25) is 0 Å². The van der Waals surface area contributed by atoms with Gasteiger partial charge in [0.05, 0.1) is 20.3 Å². The average Bonchev–Trinajstić information content (AvgIpc) is 2.59. The van der Waals surface area contributed by atoms with Crippen molar-refractivity contribution in [2.24, 2.45) is 0 Å². The number of nitrogens with one attached hydrogen (secondary N) is 1. The summed E-state index contributed by atoms with van der Waals surface area (Å²) in [5.41, 5.74) is 3.04. The molecule has 2 rings (SSSR count). The van der Waals surface area contributed by atoms with Gasteiger partial charge in [-0.05, 0) is 69.2 Å². The van der Waals surface area contributed by atoms with E-state index in [1.165, 1.54) is 0 Å². The van der Waals surface area contributed by atoms with Crippen molar-refractivity contribution in [3.05, 3.63) is 53.1 Å². The summed E-state index contributed by atoms with van der Waals surface area (Å²) < 4.78 is 16.5. The van der Waals surface area contributed by atoms with E-state index in [-0.39, 0.29) is 11.9 Å². The summed E-state index contributed by atoms with van der Waals surface area (Å²) >= 11 is 0. The van der Waals surface area contributed by atoms with Crippen LogP contribution in [0.5, 0.6) is 17.2 Å². The number of carbonyl (C=O) groups is 1. The SMILES string of the molecule is COc1ccc(OC)c([C@H](C)NC(=O)[C@@H](C)Oc2cc(C)cc(C)c2)c1. The van der Waals surface area contributed by atoms with Crippen LogP contribution in [0.2, 0.25) is 0 Å². The molecule has 2 aromatic carbocycles. The maximum Gasteiger partial charge on any atom is 0.261 e. The zero-order chi connectivity index (χ0) is 19.3. The van der Waals surface area contributed by atoms with Crippen LogP contribution >= 0.6 is 0 Å². The van der Waals surface area contributed by atoms with Crippen molar-refractivity contribution in [2.75, 3.05) is 14.2 Å². The molecule has 0 saturated carbocycles. The Bertz CT molecular complexity index is 752. The van der Waals surface area contributed by atoms with Gasteiger partial charge in [0.25, 0.3) is 5.91 Å². The lowest BCUT2D eigenvalue weighted by Crippen LogP contribution is -2.37. The van der Waals surface area contributed by atoms with Crippen molar-refractivity contribution in [3.8, 4) is 17.2 Å². The summed E-state index contributed by atoms with van der Waals surface area (Å²) in [6.45, 7) is 7.64. The van der Waals surface area contributed by atoms with Crippen LogP contribution in [0.15, 0.2) is 36.4 Å². The van der Waals surface area contributed by atoms with E-state index in [0.29, 0.717) is 17.2 Å². The first kappa shape index (κ1) is 19.6. The zero-order valence-corrected chi connectivity index (χ0v) is 16.3. The molecule has 0 bridgehead atoms. The number of hydrogen-bond acceptors (Lipinski definition) is 4. The Morgan fingerprint density at radius 1 is 0.923 bits per heavy atom. The van der Waals surface area contributed by atoms with Crippen LogP contribution in [0.3, 0.4) is 0 Å². The summed E-state index contributed by atoms with van der Waals surface area (Å²) in [4.78, 5) is 12.5. The second kappa shape index (κ2) is 8.61. The van der Waals surface area contributed by atoms with Crippen LogP contribution < -0.4 is 19.5 Å². The fourth-order valence-corrected chi connectivity index (χ4v) is 2.84. The Kier molecular flexibility index (Phi) is 6.50. The maximum atomic E-state index is 12.5. The quantitative estimate of drug-likeness (QED) is 0.815. The first-order valence-corrected chi connectivity index (χ1v) is 8.61. The van der Waals surface area contributed by atoms with E-state index in [1.54, 1.807) is 21.1 Å². The standard InChI is InChI=1S/C21H27NO4/c1-13-9-14(2)11-18(10-13)26-16(4)21(23)22-15(3)19-12-17(24-5)7-8-20(19)25-6/h7-12,15-16H,1-6H3,(H,22,23)/t15-,16+/m0/s1. The van der Waals surface area contributed by atoms with Gasteiger partial charge in [-0.25, -0.2) is 0 Å². The summed E-state index contributed by atoms with van der Waals surface area (Å²) in [5, 5.41) is 2.97. The van der Waals surface area contributed by atoms with E-state index < -0.39 is 6.10 Å². The largest absolute Gasteiger partial charge is 0.497 e. The number of amides is 1. The molecule has 0 aromatic heterocycles. The minimum Gasteiger partial charge on any atom is -0.497 e. The Morgan fingerprint density at radius 3 is 2.15 bits per heavy atom. The summed E-state index contributed by atoms with van der Waals surface area (Å²) in [5.74, 6) is 1.90. The lowest BCUT2D eigenvalue weighted by Gasteiger charge is -2.21. The molecular formula is C21H27NO4. The van der Waals surface area contributed by atoms with E-state index in [2.05, 4.69) is 11.4 Å². The van der Waals surface area contributed by atoms with E-state index in [0.717, 1.165) is 16.7 Å². The first-order valence-electron chi connectivity index (χ1n) is 8.61. The lowest BCUT2D eigenvalue weighted by atomic mass is 10.1. The summed E-state index contributed by atoms with van der Waals surface area (Å²) in [6.07, 6.45) is -0.616. The smallest absolute Gasteiger partial charge is 0.261 e. The predicted molar refractivity (Wildman–Crippen MR) is 102 cm³/mol. The Balaban J connectivity index is 2.08. The Hall–Kier alpha value is -2.69. The van der Waals surface area contributed by atoms with Crippen LogP contribution in [-0.4, -0.2) is 26.2 Å². The van der Waals surface area contributed by atoms with E-state index in [9.17, 15) is 4.79 Å². The van der Waals surface area contributed by atoms with Gasteiger partial charge < -0.3 is 19.5 Å². The molecule has 0 radical (unpaired) electrons. The van der Waals surface area contributed by atoms with Crippen molar-refractivity contribution in [2.45, 2.75) is 39.8 Å². The maximum absolute atomic E-state index is 12.5. The van der Waals surface area contributed by atoms with Crippen LogP contribution in [0.4, 0.5) is 0 Å². The molecule has 140 valence electrons. The summed E-state index contributed by atoms with van der Waals surface area (Å²) in [7, 11) is 3.21. The Morgan fingerprint density at radius 2 is 1.58 bits per heavy atom. The van der Waals surface area contributed by atoms with Gasteiger partial charge in [-0.1, -0.05) is 6.07 Å². The normalized spacial score (nSPS) is 12.8. The van der Waals surface area contributed by atoms with Crippen LogP contribution in [0.25, 0.3) is 0 Å². The van der Waals surface area contributed by atoms with Gasteiger partial charge in [-0.2, -0.15) is 0 Å². The molecule has 1 amide bonds. The lowest BCUT2D eigenvalue weighted by molar-refractivity contribution is -0.127. The monoisotopic (exact) mass is 357 g/mol. The molecule has 26 heavy (non-hydrogen) atoms. The second-order valence-corrected chi connectivity index (χ2v) is 6.42. The molecule has 5 nitrogen and oxygen atoms in total. The van der Waals surface area contributed by atoms with Crippen molar-refractivity contribution < 1.29 is 19.0 Å². The molecular weight excluding hydrogens is 330 g/mol. The number of carbonyl (C=O) groups excluding carboxylic acids is 1. The molecule has 0 spiro atoms. The topological polar surface area (TPSA) is 56.8 Å². The van der Waals surface area contributed by atoms with Crippen LogP contribution in [0.1, 0.15) is 36.6 Å². The second-order valence-electron chi connectivity index (χ2n) is 6.42. The molecule has 0 saturated heterocycles. The van der Waals surface area contributed by atoms with E-state index in [1.807, 2.05) is 51.1 Å². The van der Waals surface area contributed by atoms with Gasteiger partial charge in [-0.15, -0.1) is 0 Å². The highest BCUT2D eigenvalue weighted by molar-refractivity contribution is 5.81. The fraction of sp³-hybridized carbons (Fsp3) is 0.381. The third-order valence-electron chi connectivity index (χ3n) is 4.14. The van der Waals surface area contributed by atoms with Gasteiger partial charge in [0, 0.05) is 5.56 Å². The van der Waals surface area contributed by atoms with Gasteiger partial charge >= 0.3 is 0 Å². The first-order chi connectivity index (χ1) is 12.3. The number of ether oxygens (including phenoxy) is 3.